The van der Waals surface area contributed by atoms with Crippen LogP contribution in [0.4, 0.5) is 0 Å². The number of carbonyl (C=O) groups is 1. The second kappa shape index (κ2) is 7.16. The maximum Gasteiger partial charge on any atom is 0.252 e. The molecule has 0 aromatic carbocycles. The van der Waals surface area contributed by atoms with Crippen LogP contribution >= 0.6 is 35.2 Å². The van der Waals surface area contributed by atoms with Crippen molar-refractivity contribution in [2.45, 2.75) is 29.6 Å². The predicted molar refractivity (Wildman–Crippen MR) is 96.7 cm³/mol. The van der Waals surface area contributed by atoms with Crippen molar-refractivity contribution in [2.75, 3.05) is 13.6 Å². The first-order valence-corrected chi connectivity index (χ1v) is 10.5. The Kier molecular flexibility index (Phi) is 5.30. The molecule has 0 bridgehead atoms. The van der Waals surface area contributed by atoms with Crippen molar-refractivity contribution >= 4 is 51.1 Å². The van der Waals surface area contributed by atoms with Crippen LogP contribution in [0, 0.1) is 4.77 Å². The van der Waals surface area contributed by atoms with Crippen LogP contribution in [0.3, 0.4) is 0 Å². The van der Waals surface area contributed by atoms with E-state index in [1.165, 1.54) is 19.2 Å². The number of amides is 1. The zero-order valence-corrected chi connectivity index (χ0v) is 16.4. The zero-order valence-electron chi connectivity index (χ0n) is 13.2. The number of likely N-dealkylation sites (N-methyl/N-ethyl adjacent to an activating group) is 1. The molecular formula is C13H16ClN5O3S3. The average molecular weight is 422 g/mol. The molecule has 1 saturated carbocycles. The number of aromatic nitrogens is 3. The zero-order chi connectivity index (χ0) is 18.2. The minimum absolute atomic E-state index is 0.0995. The molecule has 2 aromatic heterocycles. The lowest BCUT2D eigenvalue weighted by Gasteiger charge is -2.15. The summed E-state index contributed by atoms with van der Waals surface area (Å²) in [7, 11) is -2.39. The van der Waals surface area contributed by atoms with E-state index in [0.29, 0.717) is 21.0 Å². The first kappa shape index (κ1) is 18.5. The normalized spacial score (nSPS) is 14.8. The van der Waals surface area contributed by atoms with Crippen LogP contribution in [0.15, 0.2) is 16.3 Å². The number of nitrogens with one attached hydrogen (secondary N) is 2. The summed E-state index contributed by atoms with van der Waals surface area (Å²) < 4.78 is 28.6. The fraction of sp³-hybridized carbons (Fsp3) is 0.462. The Morgan fingerprint density at radius 3 is 2.88 bits per heavy atom. The molecule has 1 fully saturated rings. The van der Waals surface area contributed by atoms with Crippen LogP contribution < -0.4 is 5.32 Å². The van der Waals surface area contributed by atoms with E-state index < -0.39 is 15.9 Å². The molecule has 1 amide bonds. The van der Waals surface area contributed by atoms with Gasteiger partial charge in [0, 0.05) is 13.1 Å². The minimum atomic E-state index is -3.74. The third kappa shape index (κ3) is 4.11. The molecule has 0 unspecified atom stereocenters. The molecule has 25 heavy (non-hydrogen) atoms. The predicted octanol–water partition coefficient (Wildman–Crippen LogP) is 1.93. The maximum atomic E-state index is 12.4. The van der Waals surface area contributed by atoms with E-state index in [-0.39, 0.29) is 17.3 Å². The van der Waals surface area contributed by atoms with Crippen molar-refractivity contribution in [2.24, 2.45) is 0 Å². The van der Waals surface area contributed by atoms with Gasteiger partial charge in [0.2, 0.25) is 5.91 Å². The van der Waals surface area contributed by atoms with Crippen LogP contribution in [-0.4, -0.2) is 47.0 Å². The standard InChI is InChI=1S/C13H16ClN5O3S3/c1-18(25(21,22)12-5-4-9(14)24-12)7-11(20)15-6-10-16-17-13(23)19(10)8-2-3-8/h4-5,8H,2-3,6-7H2,1H3,(H,15,20)(H,17,23). The number of thiophene rings is 1. The van der Waals surface area contributed by atoms with Crippen LogP contribution in [0.5, 0.6) is 0 Å². The van der Waals surface area contributed by atoms with Gasteiger partial charge >= 0.3 is 0 Å². The van der Waals surface area contributed by atoms with Gasteiger partial charge in [-0.25, -0.2) is 8.42 Å². The van der Waals surface area contributed by atoms with Crippen molar-refractivity contribution < 1.29 is 13.2 Å². The van der Waals surface area contributed by atoms with E-state index in [1.54, 1.807) is 0 Å². The summed E-state index contributed by atoms with van der Waals surface area (Å²) >= 11 is 11.9. The van der Waals surface area contributed by atoms with E-state index in [0.717, 1.165) is 28.5 Å². The van der Waals surface area contributed by atoms with Gasteiger partial charge in [0.05, 0.1) is 17.4 Å². The summed E-state index contributed by atoms with van der Waals surface area (Å²) in [5.74, 6) is 0.210. The topological polar surface area (TPSA) is 100 Å². The lowest BCUT2D eigenvalue weighted by molar-refractivity contribution is -0.121. The summed E-state index contributed by atoms with van der Waals surface area (Å²) in [4.78, 5) is 12.1. The number of H-pyrrole nitrogens is 1. The Balaban J connectivity index is 1.60. The molecule has 1 aliphatic carbocycles. The Hall–Kier alpha value is -1.27. The summed E-state index contributed by atoms with van der Waals surface area (Å²) in [6.07, 6.45) is 2.08. The molecule has 8 nitrogen and oxygen atoms in total. The average Bonchev–Trinajstić information content (AvgIpc) is 3.17. The fourth-order valence-corrected chi connectivity index (χ4v) is 5.40. The molecule has 136 valence electrons. The molecule has 0 aliphatic heterocycles. The Labute approximate surface area is 158 Å². The van der Waals surface area contributed by atoms with Gasteiger partial charge in [-0.3, -0.25) is 14.5 Å². The molecule has 12 heteroatoms. The van der Waals surface area contributed by atoms with Crippen LogP contribution in [0.2, 0.25) is 4.34 Å². The molecule has 2 aromatic rings. The SMILES string of the molecule is CN(CC(=O)NCc1n[nH]c(=S)n1C1CC1)S(=O)(=O)c1ccc(Cl)s1. The Bertz CT molecular complexity index is 944. The van der Waals surface area contributed by atoms with Gasteiger partial charge in [0.25, 0.3) is 10.0 Å². The van der Waals surface area contributed by atoms with Crippen molar-refractivity contribution in [1.82, 2.24) is 24.4 Å². The van der Waals surface area contributed by atoms with Crippen molar-refractivity contribution in [3.8, 4) is 0 Å². The summed E-state index contributed by atoms with van der Waals surface area (Å²) in [6.45, 7) is -0.117. The molecule has 3 rings (SSSR count). The monoisotopic (exact) mass is 421 g/mol. The molecule has 2 N–H and O–H groups in total. The van der Waals surface area contributed by atoms with Gasteiger partial charge in [-0.05, 0) is 37.2 Å². The van der Waals surface area contributed by atoms with Gasteiger partial charge in [-0.2, -0.15) is 9.40 Å². The second-order valence-corrected chi connectivity index (χ2v) is 10.0. The fourth-order valence-electron chi connectivity index (χ4n) is 2.28. The second-order valence-electron chi connectivity index (χ2n) is 5.64. The number of nitrogens with zero attached hydrogens (tertiary/aromatic N) is 3. The van der Waals surface area contributed by atoms with E-state index in [1.807, 2.05) is 4.57 Å². The lowest BCUT2D eigenvalue weighted by atomic mass is 10.5. The number of sulfonamides is 1. The quantitative estimate of drug-likeness (QED) is 0.665. The van der Waals surface area contributed by atoms with Crippen molar-refractivity contribution in [3.05, 3.63) is 27.1 Å². The molecule has 0 radical (unpaired) electrons. The summed E-state index contributed by atoms with van der Waals surface area (Å²) in [6, 6.07) is 3.27. The van der Waals surface area contributed by atoms with E-state index in [9.17, 15) is 13.2 Å². The molecule has 2 heterocycles. The first-order chi connectivity index (χ1) is 11.8. The third-order valence-corrected chi connectivity index (χ3v) is 7.50. The number of halogens is 1. The van der Waals surface area contributed by atoms with Crippen molar-refractivity contribution in [1.29, 1.82) is 0 Å². The molecule has 0 spiro atoms. The molecule has 1 aliphatic rings. The van der Waals surface area contributed by atoms with E-state index in [4.69, 9.17) is 23.8 Å². The number of rotatable bonds is 7. The van der Waals surface area contributed by atoms with E-state index in [2.05, 4.69) is 15.5 Å². The van der Waals surface area contributed by atoms with Crippen LogP contribution in [-0.2, 0) is 21.4 Å². The highest BCUT2D eigenvalue weighted by atomic mass is 35.5. The number of carbonyl (C=O) groups excluding carboxylic acids is 1. The lowest BCUT2D eigenvalue weighted by Crippen LogP contribution is -2.38. The molecule has 0 saturated heterocycles. The number of hydrogen-bond donors (Lipinski definition) is 2. The Morgan fingerprint density at radius 2 is 2.28 bits per heavy atom. The van der Waals surface area contributed by atoms with Crippen LogP contribution in [0.25, 0.3) is 0 Å². The number of hydrogen-bond acceptors (Lipinski definition) is 6. The smallest absolute Gasteiger partial charge is 0.252 e. The molecule has 0 atom stereocenters. The highest BCUT2D eigenvalue weighted by Gasteiger charge is 2.28. The van der Waals surface area contributed by atoms with Crippen molar-refractivity contribution in [3.63, 3.8) is 0 Å². The van der Waals surface area contributed by atoms with Gasteiger partial charge < -0.3 is 5.32 Å². The van der Waals surface area contributed by atoms with Gasteiger partial charge in [-0.1, -0.05) is 11.6 Å². The van der Waals surface area contributed by atoms with Crippen LogP contribution in [0.1, 0.15) is 24.7 Å². The summed E-state index contributed by atoms with van der Waals surface area (Å²) in [5, 5.41) is 9.51. The Morgan fingerprint density at radius 1 is 1.56 bits per heavy atom. The van der Waals surface area contributed by atoms with Gasteiger partial charge in [0.1, 0.15) is 4.21 Å². The molecular weight excluding hydrogens is 406 g/mol. The first-order valence-electron chi connectivity index (χ1n) is 7.43. The highest BCUT2D eigenvalue weighted by Crippen LogP contribution is 2.35. The highest BCUT2D eigenvalue weighted by molar-refractivity contribution is 7.91. The minimum Gasteiger partial charge on any atom is -0.348 e. The maximum absolute atomic E-state index is 12.4. The van der Waals surface area contributed by atoms with E-state index >= 15 is 0 Å². The number of aromatic amines is 1. The summed E-state index contributed by atoms with van der Waals surface area (Å²) in [5.41, 5.74) is 0. The van der Waals surface area contributed by atoms with Gasteiger partial charge in [0.15, 0.2) is 10.6 Å². The largest absolute Gasteiger partial charge is 0.348 e. The third-order valence-electron chi connectivity index (χ3n) is 3.71. The van der Waals surface area contributed by atoms with Gasteiger partial charge in [-0.15, -0.1) is 11.3 Å².